The van der Waals surface area contributed by atoms with Crippen molar-refractivity contribution in [2.45, 2.75) is 13.5 Å². The van der Waals surface area contributed by atoms with Crippen molar-refractivity contribution in [3.63, 3.8) is 0 Å². The number of oxime groups is 1. The van der Waals surface area contributed by atoms with Crippen LogP contribution in [0, 0.1) is 10.1 Å². The van der Waals surface area contributed by atoms with Crippen LogP contribution in [0.1, 0.15) is 18.1 Å². The highest BCUT2D eigenvalue weighted by Crippen LogP contribution is 2.19. The molecule has 90 valence electrons. The van der Waals surface area contributed by atoms with E-state index >= 15 is 0 Å². The smallest absolute Gasteiger partial charge is 0.275 e. The number of rotatable bonds is 4. The number of nitrogens with one attached hydrogen (secondary N) is 1. The van der Waals surface area contributed by atoms with E-state index in [9.17, 15) is 14.9 Å². The molecule has 0 unspecified atom stereocenters. The summed E-state index contributed by atoms with van der Waals surface area (Å²) in [5.41, 5.74) is 0.669. The van der Waals surface area contributed by atoms with Gasteiger partial charge < -0.3 is 10.5 Å². The van der Waals surface area contributed by atoms with Gasteiger partial charge in [-0.05, 0) is 6.07 Å². The summed E-state index contributed by atoms with van der Waals surface area (Å²) >= 11 is 0. The van der Waals surface area contributed by atoms with Crippen LogP contribution in [0.3, 0.4) is 0 Å². The average Bonchev–Trinajstić information content (AvgIpc) is 2.27. The van der Waals surface area contributed by atoms with Gasteiger partial charge in [0.25, 0.3) is 5.69 Å². The number of hydrogen-bond donors (Lipinski definition) is 2. The maximum atomic E-state index is 10.8. The Morgan fingerprint density at radius 3 is 2.88 bits per heavy atom. The van der Waals surface area contributed by atoms with Crippen molar-refractivity contribution in [1.82, 2.24) is 5.32 Å². The highest BCUT2D eigenvalue weighted by atomic mass is 16.6. The van der Waals surface area contributed by atoms with Crippen LogP contribution in [0.15, 0.2) is 23.4 Å². The molecule has 0 atom stereocenters. The molecule has 0 aliphatic rings. The Labute approximate surface area is 96.9 Å². The van der Waals surface area contributed by atoms with Crippen LogP contribution in [0.4, 0.5) is 5.69 Å². The van der Waals surface area contributed by atoms with Gasteiger partial charge in [-0.15, -0.1) is 0 Å². The molecule has 1 rings (SSSR count). The van der Waals surface area contributed by atoms with Gasteiger partial charge in [0.15, 0.2) is 0 Å². The first-order chi connectivity index (χ1) is 8.04. The number of nitro benzene ring substituents is 1. The van der Waals surface area contributed by atoms with E-state index in [0.29, 0.717) is 11.1 Å². The fourth-order valence-corrected chi connectivity index (χ4v) is 1.27. The second kappa shape index (κ2) is 5.59. The van der Waals surface area contributed by atoms with Gasteiger partial charge >= 0.3 is 0 Å². The van der Waals surface area contributed by atoms with Crippen molar-refractivity contribution in [2.75, 3.05) is 0 Å². The van der Waals surface area contributed by atoms with Crippen molar-refractivity contribution < 1.29 is 14.9 Å². The Kier molecular flexibility index (Phi) is 4.15. The van der Waals surface area contributed by atoms with E-state index in [1.165, 1.54) is 19.1 Å². The molecule has 1 aromatic carbocycles. The Hall–Kier alpha value is -2.44. The van der Waals surface area contributed by atoms with Crippen LogP contribution in [0.25, 0.3) is 0 Å². The van der Waals surface area contributed by atoms with Crippen LogP contribution < -0.4 is 5.32 Å². The molecule has 0 aromatic heterocycles. The van der Waals surface area contributed by atoms with Crippen LogP contribution in [-0.4, -0.2) is 22.3 Å². The highest BCUT2D eigenvalue weighted by molar-refractivity contribution is 5.80. The summed E-state index contributed by atoms with van der Waals surface area (Å²) in [6, 6.07) is 4.34. The second-order valence-corrected chi connectivity index (χ2v) is 3.30. The van der Waals surface area contributed by atoms with Gasteiger partial charge in [-0.2, -0.15) is 0 Å². The van der Waals surface area contributed by atoms with Crippen LogP contribution >= 0.6 is 0 Å². The SMILES string of the molecule is CC(=O)NCc1ccc(C=NO)cc1[N+](=O)[O-]. The zero-order chi connectivity index (χ0) is 12.8. The molecule has 1 aromatic rings. The summed E-state index contributed by atoms with van der Waals surface area (Å²) in [7, 11) is 0. The number of hydrogen-bond acceptors (Lipinski definition) is 5. The maximum Gasteiger partial charge on any atom is 0.275 e. The molecule has 1 amide bonds. The predicted octanol–water partition coefficient (Wildman–Crippen LogP) is 1.04. The van der Waals surface area contributed by atoms with Crippen molar-refractivity contribution in [3.8, 4) is 0 Å². The molecule has 0 fully saturated rings. The van der Waals surface area contributed by atoms with Crippen molar-refractivity contribution in [3.05, 3.63) is 39.4 Å². The lowest BCUT2D eigenvalue weighted by atomic mass is 10.1. The molecule has 17 heavy (non-hydrogen) atoms. The lowest BCUT2D eigenvalue weighted by Crippen LogP contribution is -2.19. The number of benzene rings is 1. The van der Waals surface area contributed by atoms with Gasteiger partial charge in [-0.25, -0.2) is 0 Å². The van der Waals surface area contributed by atoms with E-state index < -0.39 is 4.92 Å². The van der Waals surface area contributed by atoms with Gasteiger partial charge in [0.2, 0.25) is 5.91 Å². The molecule has 0 aliphatic carbocycles. The first-order valence-electron chi connectivity index (χ1n) is 4.73. The second-order valence-electron chi connectivity index (χ2n) is 3.30. The third-order valence-electron chi connectivity index (χ3n) is 2.04. The number of amides is 1. The molecule has 7 nitrogen and oxygen atoms in total. The minimum absolute atomic E-state index is 0.0855. The summed E-state index contributed by atoms with van der Waals surface area (Å²) in [6.07, 6.45) is 1.09. The minimum atomic E-state index is -0.550. The van der Waals surface area contributed by atoms with Gasteiger partial charge in [0.05, 0.1) is 11.1 Å². The normalized spacial score (nSPS) is 10.4. The highest BCUT2D eigenvalue weighted by Gasteiger charge is 2.14. The molecular formula is C10H11N3O4. The summed E-state index contributed by atoms with van der Waals surface area (Å²) in [5, 5.41) is 24.4. The molecule has 0 heterocycles. The Bertz CT molecular complexity index is 471. The van der Waals surface area contributed by atoms with E-state index in [-0.39, 0.29) is 18.1 Å². The fraction of sp³-hybridized carbons (Fsp3) is 0.200. The number of nitro groups is 1. The topological polar surface area (TPSA) is 105 Å². The van der Waals surface area contributed by atoms with E-state index in [0.717, 1.165) is 6.21 Å². The lowest BCUT2D eigenvalue weighted by Gasteiger charge is -2.04. The molecule has 0 radical (unpaired) electrons. The zero-order valence-corrected chi connectivity index (χ0v) is 9.08. The van der Waals surface area contributed by atoms with Crippen LogP contribution in [0.2, 0.25) is 0 Å². The zero-order valence-electron chi connectivity index (χ0n) is 9.08. The van der Waals surface area contributed by atoms with Crippen molar-refractivity contribution in [2.24, 2.45) is 5.16 Å². The van der Waals surface area contributed by atoms with Crippen molar-refractivity contribution in [1.29, 1.82) is 0 Å². The Balaban J connectivity index is 3.04. The summed E-state index contributed by atoms with van der Waals surface area (Å²) < 4.78 is 0. The third kappa shape index (κ3) is 3.56. The molecule has 0 saturated carbocycles. The van der Waals surface area contributed by atoms with Crippen LogP contribution in [0.5, 0.6) is 0 Å². The van der Waals surface area contributed by atoms with E-state index in [1.807, 2.05) is 0 Å². The molecule has 0 saturated heterocycles. The third-order valence-corrected chi connectivity index (χ3v) is 2.04. The first-order valence-corrected chi connectivity index (χ1v) is 4.73. The molecule has 7 heteroatoms. The largest absolute Gasteiger partial charge is 0.411 e. The van der Waals surface area contributed by atoms with E-state index in [4.69, 9.17) is 5.21 Å². The Morgan fingerprint density at radius 2 is 2.35 bits per heavy atom. The monoisotopic (exact) mass is 237 g/mol. The number of nitrogens with zero attached hydrogens (tertiary/aromatic N) is 2. The fourth-order valence-electron chi connectivity index (χ4n) is 1.27. The average molecular weight is 237 g/mol. The van der Waals surface area contributed by atoms with Gasteiger partial charge in [-0.1, -0.05) is 11.2 Å². The van der Waals surface area contributed by atoms with Gasteiger partial charge in [-0.3, -0.25) is 14.9 Å². The first kappa shape index (κ1) is 12.6. The van der Waals surface area contributed by atoms with E-state index in [1.54, 1.807) is 6.07 Å². The maximum absolute atomic E-state index is 10.8. The van der Waals surface area contributed by atoms with Gasteiger partial charge in [0, 0.05) is 30.7 Å². The molecule has 0 aliphatic heterocycles. The summed E-state index contributed by atoms with van der Waals surface area (Å²) in [5.74, 6) is -0.264. The number of carbonyl (C=O) groups is 1. The van der Waals surface area contributed by atoms with E-state index in [2.05, 4.69) is 10.5 Å². The van der Waals surface area contributed by atoms with Gasteiger partial charge in [0.1, 0.15) is 0 Å². The lowest BCUT2D eigenvalue weighted by molar-refractivity contribution is -0.385. The van der Waals surface area contributed by atoms with Crippen molar-refractivity contribution >= 4 is 17.8 Å². The summed E-state index contributed by atoms with van der Waals surface area (Å²) in [4.78, 5) is 21.0. The quantitative estimate of drug-likeness (QED) is 0.353. The number of carbonyl (C=O) groups excluding carboxylic acids is 1. The minimum Gasteiger partial charge on any atom is -0.411 e. The molecule has 0 bridgehead atoms. The van der Waals surface area contributed by atoms with Crippen LogP contribution in [-0.2, 0) is 11.3 Å². The predicted molar refractivity (Wildman–Crippen MR) is 60.0 cm³/mol. The Morgan fingerprint density at radius 1 is 1.65 bits per heavy atom. The standard InChI is InChI=1S/C10H11N3O4/c1-7(14)11-6-9-3-2-8(5-12-15)4-10(9)13(16)17/h2-5,15H,6H2,1H3,(H,11,14). The molecular weight excluding hydrogens is 226 g/mol. The summed E-state index contributed by atoms with van der Waals surface area (Å²) in [6.45, 7) is 1.42. The molecule has 0 spiro atoms. The molecule has 2 N–H and O–H groups in total.